The van der Waals surface area contributed by atoms with Gasteiger partial charge in [-0.25, -0.2) is 0 Å². The van der Waals surface area contributed by atoms with E-state index in [1.165, 1.54) is 0 Å². The molecule has 0 amide bonds. The molecule has 2 aromatic heterocycles. The SMILES string of the molecule is Cn1nccc1Nc1ccc2c(c1)OCc1cc(-c3ccccc3)nn1C2. The molecule has 27 heavy (non-hydrogen) atoms. The van der Waals surface area contributed by atoms with Crippen molar-refractivity contribution in [1.82, 2.24) is 19.6 Å². The van der Waals surface area contributed by atoms with E-state index in [0.29, 0.717) is 13.2 Å². The molecule has 1 N–H and O–H groups in total. The number of hydrogen-bond acceptors (Lipinski definition) is 4. The molecule has 0 bridgehead atoms. The summed E-state index contributed by atoms with van der Waals surface area (Å²) in [6, 6.07) is 20.5. The molecule has 6 heteroatoms. The normalized spacial score (nSPS) is 12.6. The largest absolute Gasteiger partial charge is 0.487 e. The molecule has 0 aliphatic carbocycles. The van der Waals surface area contributed by atoms with Crippen molar-refractivity contribution in [2.24, 2.45) is 7.05 Å². The summed E-state index contributed by atoms with van der Waals surface area (Å²) in [6.07, 6.45) is 1.77. The van der Waals surface area contributed by atoms with E-state index < -0.39 is 0 Å². The van der Waals surface area contributed by atoms with Gasteiger partial charge < -0.3 is 10.1 Å². The van der Waals surface area contributed by atoms with Crippen molar-refractivity contribution in [1.29, 1.82) is 0 Å². The van der Waals surface area contributed by atoms with Gasteiger partial charge in [-0.2, -0.15) is 10.2 Å². The Morgan fingerprint density at radius 3 is 2.74 bits per heavy atom. The second-order valence-electron chi connectivity index (χ2n) is 6.62. The summed E-state index contributed by atoms with van der Waals surface area (Å²) < 4.78 is 9.92. The third-order valence-electron chi connectivity index (χ3n) is 4.79. The van der Waals surface area contributed by atoms with Gasteiger partial charge in [0.15, 0.2) is 0 Å². The lowest BCUT2D eigenvalue weighted by molar-refractivity contribution is 0.302. The summed E-state index contributed by atoms with van der Waals surface area (Å²) in [6.45, 7) is 1.20. The van der Waals surface area contributed by atoms with E-state index in [-0.39, 0.29) is 0 Å². The van der Waals surface area contributed by atoms with E-state index in [2.05, 4.69) is 40.7 Å². The minimum absolute atomic E-state index is 0.502. The number of nitrogens with one attached hydrogen (secondary N) is 1. The monoisotopic (exact) mass is 357 g/mol. The highest BCUT2D eigenvalue weighted by Gasteiger charge is 2.17. The van der Waals surface area contributed by atoms with Crippen LogP contribution in [-0.2, 0) is 20.2 Å². The molecule has 0 radical (unpaired) electrons. The molecule has 2 aromatic carbocycles. The van der Waals surface area contributed by atoms with Gasteiger partial charge in [-0.1, -0.05) is 36.4 Å². The number of nitrogens with zero attached hydrogens (tertiary/aromatic N) is 4. The van der Waals surface area contributed by atoms with Crippen LogP contribution in [0.15, 0.2) is 66.9 Å². The van der Waals surface area contributed by atoms with Crippen molar-refractivity contribution >= 4 is 11.5 Å². The van der Waals surface area contributed by atoms with E-state index in [9.17, 15) is 0 Å². The van der Waals surface area contributed by atoms with Crippen molar-refractivity contribution in [2.45, 2.75) is 13.2 Å². The van der Waals surface area contributed by atoms with Crippen molar-refractivity contribution in [3.63, 3.8) is 0 Å². The fourth-order valence-corrected chi connectivity index (χ4v) is 3.31. The van der Waals surface area contributed by atoms with Crippen molar-refractivity contribution in [3.05, 3.63) is 78.1 Å². The molecule has 0 saturated carbocycles. The highest BCUT2D eigenvalue weighted by molar-refractivity contribution is 5.61. The highest BCUT2D eigenvalue weighted by atomic mass is 16.5. The Morgan fingerprint density at radius 2 is 1.93 bits per heavy atom. The number of ether oxygens (including phenoxy) is 1. The van der Waals surface area contributed by atoms with Crippen LogP contribution in [0.2, 0.25) is 0 Å². The number of fused-ring (bicyclic) bond motifs is 2. The van der Waals surface area contributed by atoms with Gasteiger partial charge in [0.1, 0.15) is 18.2 Å². The topological polar surface area (TPSA) is 56.9 Å². The second-order valence-corrected chi connectivity index (χ2v) is 6.62. The predicted octanol–water partition coefficient (Wildman–Crippen LogP) is 3.97. The van der Waals surface area contributed by atoms with Gasteiger partial charge in [0.05, 0.1) is 24.1 Å². The summed E-state index contributed by atoms with van der Waals surface area (Å²) in [4.78, 5) is 0. The van der Waals surface area contributed by atoms with Crippen LogP contribution in [0.25, 0.3) is 11.3 Å². The van der Waals surface area contributed by atoms with Gasteiger partial charge in [-0.3, -0.25) is 9.36 Å². The van der Waals surface area contributed by atoms with Gasteiger partial charge in [0, 0.05) is 36.0 Å². The fraction of sp³-hybridized carbons (Fsp3) is 0.143. The minimum Gasteiger partial charge on any atom is -0.487 e. The molecule has 4 aromatic rings. The molecule has 3 heterocycles. The van der Waals surface area contributed by atoms with E-state index >= 15 is 0 Å². The molecular weight excluding hydrogens is 338 g/mol. The zero-order chi connectivity index (χ0) is 18.2. The molecule has 0 unspecified atom stereocenters. The molecule has 0 saturated heterocycles. The first-order chi connectivity index (χ1) is 13.3. The average Bonchev–Trinajstić information content (AvgIpc) is 3.24. The lowest BCUT2D eigenvalue weighted by atomic mass is 10.1. The second kappa shape index (κ2) is 6.32. The summed E-state index contributed by atoms with van der Waals surface area (Å²) >= 11 is 0. The minimum atomic E-state index is 0.502. The smallest absolute Gasteiger partial charge is 0.130 e. The molecule has 1 aliphatic heterocycles. The molecule has 6 nitrogen and oxygen atoms in total. The first-order valence-electron chi connectivity index (χ1n) is 8.89. The van der Waals surface area contributed by atoms with Crippen LogP contribution in [0.1, 0.15) is 11.3 Å². The summed E-state index contributed by atoms with van der Waals surface area (Å²) in [5, 5.41) is 12.3. The maximum absolute atomic E-state index is 6.09. The van der Waals surface area contributed by atoms with E-state index in [4.69, 9.17) is 9.84 Å². The summed E-state index contributed by atoms with van der Waals surface area (Å²) in [5.74, 6) is 1.82. The Kier molecular flexibility index (Phi) is 3.67. The molecule has 1 aliphatic rings. The highest BCUT2D eigenvalue weighted by Crippen LogP contribution is 2.30. The lowest BCUT2D eigenvalue weighted by Gasteiger charge is -2.11. The van der Waals surface area contributed by atoms with Crippen LogP contribution in [0.5, 0.6) is 5.75 Å². The Balaban J connectivity index is 1.42. The number of benzene rings is 2. The third kappa shape index (κ3) is 2.95. The molecular formula is C21H19N5O. The number of anilines is 2. The van der Waals surface area contributed by atoms with E-state index in [1.54, 1.807) is 10.9 Å². The number of aryl methyl sites for hydroxylation is 1. The van der Waals surface area contributed by atoms with Crippen LogP contribution in [0, 0.1) is 0 Å². The van der Waals surface area contributed by atoms with Crippen LogP contribution in [0.3, 0.4) is 0 Å². The average molecular weight is 357 g/mol. The maximum Gasteiger partial charge on any atom is 0.130 e. The number of hydrogen-bond donors (Lipinski definition) is 1. The van der Waals surface area contributed by atoms with Crippen LogP contribution < -0.4 is 10.1 Å². The third-order valence-corrected chi connectivity index (χ3v) is 4.79. The Hall–Kier alpha value is -3.54. The molecule has 0 atom stereocenters. The molecule has 0 fully saturated rings. The quantitative estimate of drug-likeness (QED) is 0.603. The first kappa shape index (κ1) is 15.7. The summed E-state index contributed by atoms with van der Waals surface area (Å²) in [5.41, 5.74) is 5.27. The fourth-order valence-electron chi connectivity index (χ4n) is 3.31. The first-order valence-corrected chi connectivity index (χ1v) is 8.89. The van der Waals surface area contributed by atoms with Gasteiger partial charge in [0.2, 0.25) is 0 Å². The van der Waals surface area contributed by atoms with Gasteiger partial charge in [-0.15, -0.1) is 0 Å². The van der Waals surface area contributed by atoms with E-state index in [0.717, 1.165) is 39.8 Å². The molecule has 0 spiro atoms. The van der Waals surface area contributed by atoms with Gasteiger partial charge in [-0.05, 0) is 12.1 Å². The van der Waals surface area contributed by atoms with Crippen molar-refractivity contribution in [2.75, 3.05) is 5.32 Å². The predicted molar refractivity (Wildman–Crippen MR) is 104 cm³/mol. The number of aromatic nitrogens is 4. The molecule has 134 valence electrons. The molecule has 5 rings (SSSR count). The lowest BCUT2D eigenvalue weighted by Crippen LogP contribution is -2.04. The number of rotatable bonds is 3. The van der Waals surface area contributed by atoms with E-state index in [1.807, 2.05) is 42.1 Å². The van der Waals surface area contributed by atoms with Crippen LogP contribution in [-0.4, -0.2) is 19.6 Å². The van der Waals surface area contributed by atoms with Crippen LogP contribution >= 0.6 is 0 Å². The van der Waals surface area contributed by atoms with Crippen LogP contribution in [0.4, 0.5) is 11.5 Å². The standard InChI is InChI=1S/C21H19N5O/c1-25-21(9-10-22-25)23-17-8-7-16-13-26-18(14-27-20(16)11-17)12-19(24-26)15-5-3-2-4-6-15/h2-12,23H,13-14H2,1H3. The Labute approximate surface area is 157 Å². The van der Waals surface area contributed by atoms with Gasteiger partial charge >= 0.3 is 0 Å². The summed E-state index contributed by atoms with van der Waals surface area (Å²) in [7, 11) is 1.91. The Morgan fingerprint density at radius 1 is 1.04 bits per heavy atom. The zero-order valence-corrected chi connectivity index (χ0v) is 15.0. The van der Waals surface area contributed by atoms with Crippen molar-refractivity contribution in [3.8, 4) is 17.0 Å². The Bertz CT molecular complexity index is 1100. The maximum atomic E-state index is 6.09. The zero-order valence-electron chi connectivity index (χ0n) is 15.0. The van der Waals surface area contributed by atoms with Crippen molar-refractivity contribution < 1.29 is 4.74 Å². The van der Waals surface area contributed by atoms with Gasteiger partial charge in [0.25, 0.3) is 0 Å².